The van der Waals surface area contributed by atoms with Crippen LogP contribution in [0.25, 0.3) is 0 Å². The van der Waals surface area contributed by atoms with Gasteiger partial charge in [-0.05, 0) is 25.6 Å². The van der Waals surface area contributed by atoms with Gasteiger partial charge in [0.05, 0.1) is 5.56 Å². The number of nitrogens with zero attached hydrogens (tertiary/aromatic N) is 1. The maximum Gasteiger partial charge on any atom is 0.250 e. The quantitative estimate of drug-likeness (QED) is 0.708. The van der Waals surface area contributed by atoms with E-state index in [2.05, 4.69) is 10.3 Å². The lowest BCUT2D eigenvalue weighted by atomic mass is 10.1. The van der Waals surface area contributed by atoms with Gasteiger partial charge in [0.25, 0.3) is 0 Å². The third-order valence-corrected chi connectivity index (χ3v) is 1.98. The Balaban J connectivity index is 2.98. The third kappa shape index (κ3) is 2.26. The van der Waals surface area contributed by atoms with Crippen molar-refractivity contribution in [3.8, 4) is 0 Å². The van der Waals surface area contributed by atoms with E-state index in [0.29, 0.717) is 5.56 Å². The Hall–Kier alpha value is -1.42. The minimum absolute atomic E-state index is 0.173. The van der Waals surface area contributed by atoms with Crippen molar-refractivity contribution in [2.75, 3.05) is 7.05 Å². The van der Waals surface area contributed by atoms with Gasteiger partial charge in [0, 0.05) is 18.4 Å². The predicted molar refractivity (Wildman–Crippen MR) is 50.2 cm³/mol. The number of aromatic nitrogens is 1. The highest BCUT2D eigenvalue weighted by Gasteiger charge is 2.06. The topological polar surface area (TPSA) is 68.0 Å². The van der Waals surface area contributed by atoms with Crippen molar-refractivity contribution in [2.24, 2.45) is 5.73 Å². The summed E-state index contributed by atoms with van der Waals surface area (Å²) < 4.78 is 0. The van der Waals surface area contributed by atoms with Crippen molar-refractivity contribution in [2.45, 2.75) is 13.0 Å². The van der Waals surface area contributed by atoms with E-state index in [1.807, 2.05) is 14.0 Å². The molecule has 0 aliphatic carbocycles. The molecule has 1 atom stereocenters. The summed E-state index contributed by atoms with van der Waals surface area (Å²) in [5, 5.41) is 3.06. The normalized spacial score (nSPS) is 12.5. The molecule has 0 aliphatic heterocycles. The summed E-state index contributed by atoms with van der Waals surface area (Å²) in [6, 6.07) is 1.92. The molecule has 70 valence electrons. The Labute approximate surface area is 77.2 Å². The molecule has 3 N–H and O–H groups in total. The molecule has 1 aromatic heterocycles. The molecule has 4 nitrogen and oxygen atoms in total. The Morgan fingerprint density at radius 3 is 2.85 bits per heavy atom. The lowest BCUT2D eigenvalue weighted by molar-refractivity contribution is 0.1000. The van der Waals surface area contributed by atoms with Gasteiger partial charge in [0.15, 0.2) is 0 Å². The van der Waals surface area contributed by atoms with Crippen molar-refractivity contribution in [3.63, 3.8) is 0 Å². The first-order chi connectivity index (χ1) is 6.15. The van der Waals surface area contributed by atoms with Crippen molar-refractivity contribution >= 4 is 5.91 Å². The molecule has 0 fully saturated rings. The van der Waals surface area contributed by atoms with Gasteiger partial charge in [-0.15, -0.1) is 0 Å². The first kappa shape index (κ1) is 9.67. The molecule has 1 unspecified atom stereocenters. The standard InChI is InChI=1S/C9H13N3O/c1-6(11-2)7-3-8(9(10)13)5-12-4-7/h3-6,11H,1-2H3,(H2,10,13). The van der Waals surface area contributed by atoms with Gasteiger partial charge in [-0.25, -0.2) is 0 Å². The van der Waals surface area contributed by atoms with Gasteiger partial charge >= 0.3 is 0 Å². The average Bonchev–Trinajstić information content (AvgIpc) is 2.17. The highest BCUT2D eigenvalue weighted by Crippen LogP contribution is 2.11. The van der Waals surface area contributed by atoms with E-state index < -0.39 is 5.91 Å². The van der Waals surface area contributed by atoms with Crippen LogP contribution in [0.2, 0.25) is 0 Å². The van der Waals surface area contributed by atoms with Crippen molar-refractivity contribution in [1.82, 2.24) is 10.3 Å². The molecule has 1 rings (SSSR count). The van der Waals surface area contributed by atoms with Gasteiger partial charge in [-0.2, -0.15) is 0 Å². The molecule has 1 amide bonds. The maximum atomic E-state index is 10.8. The van der Waals surface area contributed by atoms with Gasteiger partial charge in [-0.1, -0.05) is 0 Å². The summed E-state index contributed by atoms with van der Waals surface area (Å²) in [7, 11) is 1.85. The van der Waals surface area contributed by atoms with Crippen LogP contribution in [0.15, 0.2) is 18.5 Å². The number of nitrogens with one attached hydrogen (secondary N) is 1. The van der Waals surface area contributed by atoms with Crippen LogP contribution in [-0.4, -0.2) is 17.9 Å². The van der Waals surface area contributed by atoms with E-state index in [0.717, 1.165) is 5.56 Å². The van der Waals surface area contributed by atoms with E-state index in [9.17, 15) is 4.79 Å². The molecule has 1 aromatic rings. The zero-order valence-electron chi connectivity index (χ0n) is 7.74. The molecule has 0 saturated carbocycles. The first-order valence-corrected chi connectivity index (χ1v) is 4.07. The number of primary amides is 1. The highest BCUT2D eigenvalue weighted by atomic mass is 16.1. The van der Waals surface area contributed by atoms with Gasteiger partial charge in [-0.3, -0.25) is 9.78 Å². The number of pyridine rings is 1. The molecular weight excluding hydrogens is 166 g/mol. The second-order valence-corrected chi connectivity index (χ2v) is 2.88. The molecule has 0 saturated heterocycles. The number of nitrogens with two attached hydrogens (primary N) is 1. The Morgan fingerprint density at radius 2 is 2.31 bits per heavy atom. The van der Waals surface area contributed by atoms with Crippen LogP contribution in [-0.2, 0) is 0 Å². The SMILES string of the molecule is CNC(C)c1cncc(C(N)=O)c1. The first-order valence-electron chi connectivity index (χ1n) is 4.07. The van der Waals surface area contributed by atoms with Gasteiger partial charge in [0.2, 0.25) is 5.91 Å². The predicted octanol–water partition coefficient (Wildman–Crippen LogP) is 0.461. The largest absolute Gasteiger partial charge is 0.366 e. The summed E-state index contributed by atoms with van der Waals surface area (Å²) in [5.41, 5.74) is 6.53. The maximum absolute atomic E-state index is 10.8. The van der Waals surface area contributed by atoms with Crippen LogP contribution >= 0.6 is 0 Å². The second-order valence-electron chi connectivity index (χ2n) is 2.88. The lowest BCUT2D eigenvalue weighted by Gasteiger charge is -2.09. The number of hydrogen-bond acceptors (Lipinski definition) is 3. The van der Waals surface area contributed by atoms with Gasteiger partial charge in [0.1, 0.15) is 0 Å². The molecule has 0 bridgehead atoms. The number of rotatable bonds is 3. The minimum atomic E-state index is -0.447. The van der Waals surface area contributed by atoms with E-state index in [1.54, 1.807) is 12.3 Å². The number of carbonyl (C=O) groups excluding carboxylic acids is 1. The van der Waals surface area contributed by atoms with E-state index in [1.165, 1.54) is 6.20 Å². The fourth-order valence-electron chi connectivity index (χ4n) is 0.996. The molecule has 0 spiro atoms. The van der Waals surface area contributed by atoms with E-state index >= 15 is 0 Å². The molecule has 0 aliphatic rings. The Bertz CT molecular complexity index is 311. The van der Waals surface area contributed by atoms with Crippen molar-refractivity contribution in [1.29, 1.82) is 0 Å². The smallest absolute Gasteiger partial charge is 0.250 e. The summed E-state index contributed by atoms with van der Waals surface area (Å²) in [4.78, 5) is 14.8. The number of amides is 1. The number of hydrogen-bond donors (Lipinski definition) is 2. The molecule has 0 radical (unpaired) electrons. The summed E-state index contributed by atoms with van der Waals surface area (Å²) in [6.07, 6.45) is 3.18. The summed E-state index contributed by atoms with van der Waals surface area (Å²) in [6.45, 7) is 1.99. The monoisotopic (exact) mass is 179 g/mol. The van der Waals surface area contributed by atoms with Crippen LogP contribution in [0, 0.1) is 0 Å². The third-order valence-electron chi connectivity index (χ3n) is 1.98. The molecule has 0 aromatic carbocycles. The highest BCUT2D eigenvalue weighted by molar-refractivity contribution is 5.92. The van der Waals surface area contributed by atoms with Crippen LogP contribution in [0.4, 0.5) is 0 Å². The molecule has 1 heterocycles. The average molecular weight is 179 g/mol. The fraction of sp³-hybridized carbons (Fsp3) is 0.333. The number of carbonyl (C=O) groups is 1. The molecule has 13 heavy (non-hydrogen) atoms. The van der Waals surface area contributed by atoms with Gasteiger partial charge < -0.3 is 11.1 Å². The minimum Gasteiger partial charge on any atom is -0.366 e. The van der Waals surface area contributed by atoms with Crippen LogP contribution in [0.1, 0.15) is 28.9 Å². The lowest BCUT2D eigenvalue weighted by Crippen LogP contribution is -2.15. The molecular formula is C9H13N3O. The zero-order chi connectivity index (χ0) is 9.84. The Kier molecular flexibility index (Phi) is 2.97. The molecule has 4 heteroatoms. The summed E-state index contributed by atoms with van der Waals surface area (Å²) >= 11 is 0. The van der Waals surface area contributed by atoms with Crippen LogP contribution in [0.5, 0.6) is 0 Å². The van der Waals surface area contributed by atoms with Crippen LogP contribution < -0.4 is 11.1 Å². The Morgan fingerprint density at radius 1 is 1.62 bits per heavy atom. The zero-order valence-corrected chi connectivity index (χ0v) is 7.74. The van der Waals surface area contributed by atoms with Crippen LogP contribution in [0.3, 0.4) is 0 Å². The van der Waals surface area contributed by atoms with Crippen molar-refractivity contribution in [3.05, 3.63) is 29.6 Å². The van der Waals surface area contributed by atoms with E-state index in [4.69, 9.17) is 5.73 Å². The second kappa shape index (κ2) is 4.00. The fourth-order valence-corrected chi connectivity index (χ4v) is 0.996. The van der Waals surface area contributed by atoms with E-state index in [-0.39, 0.29) is 6.04 Å². The summed E-state index contributed by atoms with van der Waals surface area (Å²) in [5.74, 6) is -0.447. The van der Waals surface area contributed by atoms with Crippen molar-refractivity contribution < 1.29 is 4.79 Å².